The first-order valence-electron chi connectivity index (χ1n) is 5.55. The Bertz CT molecular complexity index is 271. The predicted octanol–water partition coefficient (Wildman–Crippen LogP) is 4.06. The second-order valence-electron chi connectivity index (χ2n) is 6.46. The van der Waals surface area contributed by atoms with Gasteiger partial charge in [-0.15, -0.1) is 0 Å². The Morgan fingerprint density at radius 3 is 1.50 bits per heavy atom. The summed E-state index contributed by atoms with van der Waals surface area (Å²) in [6.45, 7) is 15.5. The molecule has 0 unspecified atom stereocenters. The highest BCUT2D eigenvalue weighted by atomic mass is 127. The van der Waals surface area contributed by atoms with Gasteiger partial charge in [0.05, 0.1) is 19.3 Å². The normalized spacial score (nSPS) is 24.9. The van der Waals surface area contributed by atoms with Crippen LogP contribution in [0.4, 0.5) is 0 Å². The molecule has 1 rings (SSSR count). The fourth-order valence-electron chi connectivity index (χ4n) is 1.34. The molecular formula is C10H21BI2O2Si. The fraction of sp³-hybridized carbons (Fsp3) is 1.00. The van der Waals surface area contributed by atoms with Crippen molar-refractivity contribution < 1.29 is 9.31 Å². The van der Waals surface area contributed by atoms with E-state index in [-0.39, 0.29) is 19.3 Å². The van der Waals surface area contributed by atoms with E-state index in [1.54, 1.807) is 0 Å². The Balaban J connectivity index is 2.97. The third-order valence-corrected chi connectivity index (χ3v) is 16.5. The van der Waals surface area contributed by atoms with Gasteiger partial charge in [-0.05, 0) is 27.7 Å². The van der Waals surface area contributed by atoms with Crippen molar-refractivity contribution in [1.82, 2.24) is 0 Å². The van der Waals surface area contributed by atoms with Crippen molar-refractivity contribution in [3.63, 3.8) is 0 Å². The van der Waals surface area contributed by atoms with Gasteiger partial charge in [-0.3, -0.25) is 0 Å². The zero-order valence-electron chi connectivity index (χ0n) is 11.1. The zero-order chi connectivity index (χ0) is 13.0. The standard InChI is InChI=1S/C10H21BI2O2Si/c1-8(2)9(3,4)15-11(14-8)10(12,13)16(5,6)7/h1-7H3. The van der Waals surface area contributed by atoms with E-state index in [0.717, 1.165) is 0 Å². The van der Waals surface area contributed by atoms with Gasteiger partial charge in [0.1, 0.15) is 0.951 Å². The molecule has 0 aromatic rings. The minimum atomic E-state index is -1.35. The number of rotatable bonds is 2. The molecule has 2 nitrogen and oxygen atoms in total. The lowest BCUT2D eigenvalue weighted by Crippen LogP contribution is -2.54. The van der Waals surface area contributed by atoms with Crippen LogP contribution in [0.15, 0.2) is 0 Å². The van der Waals surface area contributed by atoms with Crippen molar-refractivity contribution >= 4 is 60.4 Å². The minimum Gasteiger partial charge on any atom is -0.402 e. The number of alkyl halides is 2. The summed E-state index contributed by atoms with van der Waals surface area (Å²) in [5.41, 5.74) is -0.447. The van der Waals surface area contributed by atoms with Crippen LogP contribution in [-0.4, -0.2) is 27.3 Å². The maximum Gasteiger partial charge on any atom is 0.482 e. The molecule has 0 amide bonds. The van der Waals surface area contributed by atoms with Crippen molar-refractivity contribution in [3.8, 4) is 0 Å². The molecule has 0 spiro atoms. The molecule has 1 aliphatic heterocycles. The first-order valence-corrected chi connectivity index (χ1v) is 11.2. The zero-order valence-corrected chi connectivity index (χ0v) is 16.5. The average Bonchev–Trinajstić information content (AvgIpc) is 2.19. The molecule has 6 heteroatoms. The molecule has 16 heavy (non-hydrogen) atoms. The first-order chi connectivity index (χ1) is 6.81. The molecule has 0 saturated carbocycles. The minimum absolute atomic E-state index is 0.0631. The molecule has 0 bridgehead atoms. The smallest absolute Gasteiger partial charge is 0.402 e. The van der Waals surface area contributed by atoms with E-state index in [0.29, 0.717) is 0 Å². The van der Waals surface area contributed by atoms with Gasteiger partial charge in [0.25, 0.3) is 0 Å². The van der Waals surface area contributed by atoms with Gasteiger partial charge in [-0.25, -0.2) is 0 Å². The molecule has 94 valence electrons. The summed E-state index contributed by atoms with van der Waals surface area (Å²) in [4.78, 5) is 0. The monoisotopic (exact) mass is 466 g/mol. The molecule has 1 saturated heterocycles. The van der Waals surface area contributed by atoms with Crippen LogP contribution in [-0.2, 0) is 9.31 Å². The largest absolute Gasteiger partial charge is 0.482 e. The summed E-state index contributed by atoms with van der Waals surface area (Å²) in [5, 5.41) is 0. The molecule has 0 N–H and O–H groups in total. The second-order valence-corrected chi connectivity index (χ2v) is 19.3. The van der Waals surface area contributed by atoms with Crippen molar-refractivity contribution in [2.24, 2.45) is 0 Å². The summed E-state index contributed by atoms with van der Waals surface area (Å²) in [6, 6.07) is 0. The van der Waals surface area contributed by atoms with Gasteiger partial charge in [-0.2, -0.15) is 0 Å². The van der Waals surface area contributed by atoms with Crippen molar-refractivity contribution in [2.75, 3.05) is 0 Å². The lowest BCUT2D eigenvalue weighted by Gasteiger charge is -2.34. The van der Waals surface area contributed by atoms with Crippen LogP contribution >= 0.6 is 45.2 Å². The van der Waals surface area contributed by atoms with Gasteiger partial charge in [0.15, 0.2) is 0 Å². The van der Waals surface area contributed by atoms with Crippen LogP contribution in [0.5, 0.6) is 0 Å². The van der Waals surface area contributed by atoms with Crippen LogP contribution in [0, 0.1) is 0 Å². The highest BCUT2D eigenvalue weighted by molar-refractivity contribution is 14.2. The average molecular weight is 466 g/mol. The number of hydrogen-bond acceptors (Lipinski definition) is 2. The summed E-state index contributed by atoms with van der Waals surface area (Å²) in [6.07, 6.45) is 0. The molecule has 0 atom stereocenters. The summed E-state index contributed by atoms with van der Waals surface area (Å²) in [7, 11) is -1.46. The summed E-state index contributed by atoms with van der Waals surface area (Å²) in [5.74, 6) is 0. The van der Waals surface area contributed by atoms with Crippen LogP contribution < -0.4 is 0 Å². The Hall–Kier alpha value is 1.66. The number of halogens is 2. The maximum absolute atomic E-state index is 6.15. The van der Waals surface area contributed by atoms with E-state index in [1.165, 1.54) is 0 Å². The van der Waals surface area contributed by atoms with E-state index in [1.807, 2.05) is 0 Å². The van der Waals surface area contributed by atoms with E-state index in [9.17, 15) is 0 Å². The van der Waals surface area contributed by atoms with Gasteiger partial charge in [0, 0.05) is 0 Å². The van der Waals surface area contributed by atoms with Crippen LogP contribution in [0.2, 0.25) is 19.6 Å². The van der Waals surface area contributed by atoms with Gasteiger partial charge in [-0.1, -0.05) is 64.8 Å². The van der Waals surface area contributed by atoms with Gasteiger partial charge >= 0.3 is 7.12 Å². The quantitative estimate of drug-likeness (QED) is 0.348. The van der Waals surface area contributed by atoms with Crippen molar-refractivity contribution in [2.45, 2.75) is 59.5 Å². The van der Waals surface area contributed by atoms with Crippen LogP contribution in [0.1, 0.15) is 27.7 Å². The highest BCUT2D eigenvalue weighted by Crippen LogP contribution is 2.48. The first kappa shape index (κ1) is 15.7. The molecule has 0 aromatic heterocycles. The van der Waals surface area contributed by atoms with Gasteiger partial charge < -0.3 is 9.31 Å². The summed E-state index contributed by atoms with van der Waals surface area (Å²) < 4.78 is 12.4. The predicted molar refractivity (Wildman–Crippen MR) is 90.2 cm³/mol. The van der Waals surface area contributed by atoms with E-state index in [4.69, 9.17) is 9.31 Å². The molecule has 0 aliphatic carbocycles. The lowest BCUT2D eigenvalue weighted by atomic mass is 9.90. The molecular weight excluding hydrogens is 445 g/mol. The van der Waals surface area contributed by atoms with Crippen molar-refractivity contribution in [1.29, 1.82) is 0 Å². The maximum atomic E-state index is 6.15. The van der Waals surface area contributed by atoms with E-state index in [2.05, 4.69) is 92.5 Å². The molecule has 1 aliphatic rings. The number of hydrogen-bond donors (Lipinski definition) is 0. The fourth-order valence-corrected chi connectivity index (χ4v) is 2.68. The molecule has 0 radical (unpaired) electrons. The Morgan fingerprint density at radius 1 is 0.938 bits per heavy atom. The second kappa shape index (κ2) is 4.35. The molecule has 1 fully saturated rings. The molecule has 1 heterocycles. The Kier molecular flexibility index (Phi) is 4.27. The third kappa shape index (κ3) is 2.65. The van der Waals surface area contributed by atoms with E-state index < -0.39 is 8.07 Å². The van der Waals surface area contributed by atoms with Crippen LogP contribution in [0.25, 0.3) is 0 Å². The highest BCUT2D eigenvalue weighted by Gasteiger charge is 2.61. The Morgan fingerprint density at radius 2 is 1.25 bits per heavy atom. The lowest BCUT2D eigenvalue weighted by molar-refractivity contribution is 0.00578. The topological polar surface area (TPSA) is 18.5 Å². The Labute approximate surface area is 128 Å². The third-order valence-electron chi connectivity index (χ3n) is 3.55. The molecule has 0 aromatic carbocycles. The SMILES string of the molecule is CC1(C)OB(C(I)(I)[Si](C)(C)C)OC1(C)C. The van der Waals surface area contributed by atoms with Crippen molar-refractivity contribution in [3.05, 3.63) is 0 Å². The summed E-state index contributed by atoms with van der Waals surface area (Å²) >= 11 is 5.03. The van der Waals surface area contributed by atoms with Gasteiger partial charge in [0.2, 0.25) is 0 Å². The van der Waals surface area contributed by atoms with E-state index >= 15 is 0 Å². The van der Waals surface area contributed by atoms with Crippen LogP contribution in [0.3, 0.4) is 0 Å².